The van der Waals surface area contributed by atoms with Crippen molar-refractivity contribution in [3.05, 3.63) is 16.0 Å². The van der Waals surface area contributed by atoms with Crippen molar-refractivity contribution in [3.63, 3.8) is 0 Å². The van der Waals surface area contributed by atoms with Gasteiger partial charge in [-0.25, -0.2) is 4.79 Å². The van der Waals surface area contributed by atoms with Gasteiger partial charge in [0.05, 0.1) is 5.56 Å². The van der Waals surface area contributed by atoms with Gasteiger partial charge in [-0.05, 0) is 49.0 Å². The van der Waals surface area contributed by atoms with Crippen LogP contribution in [0.25, 0.3) is 0 Å². The molecule has 0 aromatic carbocycles. The van der Waals surface area contributed by atoms with Crippen molar-refractivity contribution in [2.45, 2.75) is 78.2 Å². The Morgan fingerprint density at radius 1 is 1.20 bits per heavy atom. The summed E-state index contributed by atoms with van der Waals surface area (Å²) in [6.07, 6.45) is 8.86. The normalized spacial score (nSPS) is 21.3. The standard InChI is InChI=1S/C20H29N3OS/c1-20(2,3)13-9-10-15-16(12-21)18(25-17(15)11-13)23-19(24)22-14-7-5-4-6-8-14/h13-14H,4-11H2,1-3H3,(H2,22,23,24). The Hall–Kier alpha value is -1.54. The highest BCUT2D eigenvalue weighted by Gasteiger charge is 2.32. The summed E-state index contributed by atoms with van der Waals surface area (Å²) in [5, 5.41) is 16.4. The van der Waals surface area contributed by atoms with E-state index >= 15 is 0 Å². The molecule has 0 saturated heterocycles. The van der Waals surface area contributed by atoms with Gasteiger partial charge in [0.25, 0.3) is 0 Å². The molecule has 5 heteroatoms. The SMILES string of the molecule is CC(C)(C)C1CCc2c(sc(NC(=O)NC3CCCCC3)c2C#N)C1. The molecular formula is C20H29N3OS. The number of amides is 2. The first-order chi connectivity index (χ1) is 11.9. The highest BCUT2D eigenvalue weighted by molar-refractivity contribution is 7.16. The third kappa shape index (κ3) is 4.17. The predicted octanol–water partition coefficient (Wildman–Crippen LogP) is 5.22. The molecule has 2 aliphatic rings. The molecule has 25 heavy (non-hydrogen) atoms. The van der Waals surface area contributed by atoms with Crippen LogP contribution in [0.3, 0.4) is 0 Å². The number of nitrogens with one attached hydrogen (secondary N) is 2. The Morgan fingerprint density at radius 3 is 2.56 bits per heavy atom. The van der Waals surface area contributed by atoms with Crippen LogP contribution in [0.4, 0.5) is 9.80 Å². The number of carbonyl (C=O) groups excluding carboxylic acids is 1. The number of nitriles is 1. The summed E-state index contributed by atoms with van der Waals surface area (Å²) in [7, 11) is 0. The number of anilines is 1. The molecule has 2 N–H and O–H groups in total. The lowest BCUT2D eigenvalue weighted by Crippen LogP contribution is -2.38. The Labute approximate surface area is 155 Å². The maximum atomic E-state index is 12.4. The van der Waals surface area contributed by atoms with Gasteiger partial charge in [-0.15, -0.1) is 11.3 Å². The van der Waals surface area contributed by atoms with Crippen molar-refractivity contribution in [1.82, 2.24) is 5.32 Å². The molecule has 0 spiro atoms. The maximum absolute atomic E-state index is 12.4. The number of carbonyl (C=O) groups is 1. The monoisotopic (exact) mass is 359 g/mol. The van der Waals surface area contributed by atoms with Crippen molar-refractivity contribution in [2.75, 3.05) is 5.32 Å². The van der Waals surface area contributed by atoms with Crippen LogP contribution in [0, 0.1) is 22.7 Å². The van der Waals surface area contributed by atoms with E-state index in [1.165, 1.54) is 29.7 Å². The second-order valence-corrected chi connectivity index (χ2v) is 9.66. The van der Waals surface area contributed by atoms with E-state index in [0.717, 1.165) is 37.1 Å². The summed E-state index contributed by atoms with van der Waals surface area (Å²) >= 11 is 1.60. The maximum Gasteiger partial charge on any atom is 0.320 e. The first kappa shape index (κ1) is 18.3. The third-order valence-electron chi connectivity index (χ3n) is 5.77. The molecular weight excluding hydrogens is 330 g/mol. The van der Waals surface area contributed by atoms with Gasteiger partial charge in [0.2, 0.25) is 0 Å². The van der Waals surface area contributed by atoms with E-state index in [1.807, 2.05) is 0 Å². The molecule has 1 atom stereocenters. The smallest absolute Gasteiger partial charge is 0.320 e. The van der Waals surface area contributed by atoms with E-state index in [-0.39, 0.29) is 17.5 Å². The number of nitrogens with zero attached hydrogens (tertiary/aromatic N) is 1. The van der Waals surface area contributed by atoms with Crippen LogP contribution < -0.4 is 10.6 Å². The number of thiophene rings is 1. The molecule has 0 radical (unpaired) electrons. The van der Waals surface area contributed by atoms with Crippen molar-refractivity contribution < 1.29 is 4.79 Å². The molecule has 0 bridgehead atoms. The summed E-state index contributed by atoms with van der Waals surface area (Å²) in [4.78, 5) is 13.6. The van der Waals surface area contributed by atoms with Crippen LogP contribution in [0.2, 0.25) is 0 Å². The van der Waals surface area contributed by atoms with E-state index in [1.54, 1.807) is 11.3 Å². The van der Waals surface area contributed by atoms with Crippen molar-refractivity contribution >= 4 is 22.4 Å². The fourth-order valence-corrected chi connectivity index (χ4v) is 5.38. The quantitative estimate of drug-likeness (QED) is 0.760. The highest BCUT2D eigenvalue weighted by atomic mass is 32.1. The molecule has 1 aromatic rings. The topological polar surface area (TPSA) is 64.9 Å². The van der Waals surface area contributed by atoms with Gasteiger partial charge in [-0.2, -0.15) is 5.26 Å². The third-order valence-corrected chi connectivity index (χ3v) is 6.94. The Bertz CT molecular complexity index is 674. The molecule has 2 aliphatic carbocycles. The minimum Gasteiger partial charge on any atom is -0.335 e. The fraction of sp³-hybridized carbons (Fsp3) is 0.700. The van der Waals surface area contributed by atoms with E-state index in [2.05, 4.69) is 37.5 Å². The minimum absolute atomic E-state index is 0.158. The summed E-state index contributed by atoms with van der Waals surface area (Å²) in [5.74, 6) is 0.633. The van der Waals surface area contributed by atoms with Gasteiger partial charge in [0.15, 0.2) is 0 Å². The van der Waals surface area contributed by atoms with E-state index < -0.39 is 0 Å². The number of rotatable bonds is 2. The lowest BCUT2D eigenvalue weighted by molar-refractivity contribution is 0.218. The van der Waals surface area contributed by atoms with Crippen LogP contribution in [-0.4, -0.2) is 12.1 Å². The van der Waals surface area contributed by atoms with Gasteiger partial charge in [-0.3, -0.25) is 5.32 Å². The van der Waals surface area contributed by atoms with Crippen LogP contribution >= 0.6 is 11.3 Å². The van der Waals surface area contributed by atoms with E-state index in [4.69, 9.17) is 0 Å². The Morgan fingerprint density at radius 2 is 1.92 bits per heavy atom. The molecule has 1 heterocycles. The van der Waals surface area contributed by atoms with Crippen molar-refractivity contribution in [2.24, 2.45) is 11.3 Å². The molecule has 3 rings (SSSR count). The zero-order chi connectivity index (χ0) is 18.0. The molecule has 1 unspecified atom stereocenters. The Kier molecular flexibility index (Phi) is 5.38. The number of fused-ring (bicyclic) bond motifs is 1. The predicted molar refractivity (Wildman–Crippen MR) is 103 cm³/mol. The van der Waals surface area contributed by atoms with Crippen LogP contribution in [0.5, 0.6) is 0 Å². The average molecular weight is 360 g/mol. The van der Waals surface area contributed by atoms with Crippen molar-refractivity contribution in [3.8, 4) is 6.07 Å². The summed E-state index contributed by atoms with van der Waals surface area (Å²) < 4.78 is 0. The van der Waals surface area contributed by atoms with Crippen LogP contribution in [-0.2, 0) is 12.8 Å². The largest absolute Gasteiger partial charge is 0.335 e. The number of urea groups is 1. The first-order valence-corrected chi connectivity index (χ1v) is 10.3. The second kappa shape index (κ2) is 7.37. The van der Waals surface area contributed by atoms with Gasteiger partial charge < -0.3 is 5.32 Å². The number of hydrogen-bond acceptors (Lipinski definition) is 3. The zero-order valence-corrected chi connectivity index (χ0v) is 16.4. The van der Waals surface area contributed by atoms with Gasteiger partial charge in [0, 0.05) is 10.9 Å². The summed E-state index contributed by atoms with van der Waals surface area (Å²) in [6.45, 7) is 6.87. The molecule has 4 nitrogen and oxygen atoms in total. The molecule has 2 amide bonds. The van der Waals surface area contributed by atoms with Gasteiger partial charge in [0.1, 0.15) is 11.1 Å². The minimum atomic E-state index is -0.158. The van der Waals surface area contributed by atoms with Crippen LogP contribution in [0.1, 0.15) is 75.3 Å². The van der Waals surface area contributed by atoms with Gasteiger partial charge >= 0.3 is 6.03 Å². The molecule has 1 fully saturated rings. The van der Waals surface area contributed by atoms with Crippen LogP contribution in [0.15, 0.2) is 0 Å². The molecule has 0 aliphatic heterocycles. The second-order valence-electron chi connectivity index (χ2n) is 8.56. The lowest BCUT2D eigenvalue weighted by atomic mass is 9.72. The fourth-order valence-electron chi connectivity index (χ4n) is 4.10. The zero-order valence-electron chi connectivity index (χ0n) is 15.6. The molecule has 1 aromatic heterocycles. The van der Waals surface area contributed by atoms with Crippen molar-refractivity contribution in [1.29, 1.82) is 5.26 Å². The average Bonchev–Trinajstić information content (AvgIpc) is 2.90. The highest BCUT2D eigenvalue weighted by Crippen LogP contribution is 2.43. The lowest BCUT2D eigenvalue weighted by Gasteiger charge is -2.33. The first-order valence-electron chi connectivity index (χ1n) is 9.50. The summed E-state index contributed by atoms with van der Waals surface area (Å²) in [6, 6.07) is 2.45. The van der Waals surface area contributed by atoms with E-state index in [9.17, 15) is 10.1 Å². The summed E-state index contributed by atoms with van der Waals surface area (Å²) in [5.41, 5.74) is 2.13. The molecule has 136 valence electrons. The molecule has 1 saturated carbocycles. The number of hydrogen-bond donors (Lipinski definition) is 2. The Balaban J connectivity index is 1.71. The van der Waals surface area contributed by atoms with Gasteiger partial charge in [-0.1, -0.05) is 40.0 Å². The van der Waals surface area contributed by atoms with E-state index in [0.29, 0.717) is 11.5 Å².